The van der Waals surface area contributed by atoms with E-state index in [-0.39, 0.29) is 0 Å². The van der Waals surface area contributed by atoms with Crippen molar-refractivity contribution < 1.29 is 4.52 Å². The second kappa shape index (κ2) is 4.52. The number of hydrogen-bond acceptors (Lipinski definition) is 5. The van der Waals surface area contributed by atoms with Crippen LogP contribution in [-0.4, -0.2) is 41.2 Å². The van der Waals surface area contributed by atoms with Crippen molar-refractivity contribution in [2.75, 3.05) is 26.2 Å². The molecule has 0 saturated carbocycles. The SMILES string of the molecule is CCc1noc(CN2CCNCC2)n1. The first kappa shape index (κ1) is 9.61. The standard InChI is InChI=1S/C9H16N4O/c1-2-8-11-9(14-12-8)7-13-5-3-10-4-6-13/h10H,2-7H2,1H3. The Balaban J connectivity index is 1.89. The summed E-state index contributed by atoms with van der Waals surface area (Å²) in [5.74, 6) is 1.54. The third-order valence-electron chi connectivity index (χ3n) is 2.39. The lowest BCUT2D eigenvalue weighted by Crippen LogP contribution is -2.42. The van der Waals surface area contributed by atoms with E-state index in [4.69, 9.17) is 4.52 Å². The first-order valence-electron chi connectivity index (χ1n) is 5.13. The Bertz CT molecular complexity index is 280. The molecule has 0 unspecified atom stereocenters. The largest absolute Gasteiger partial charge is 0.338 e. The van der Waals surface area contributed by atoms with Crippen molar-refractivity contribution in [1.82, 2.24) is 20.4 Å². The summed E-state index contributed by atoms with van der Waals surface area (Å²) >= 11 is 0. The fourth-order valence-electron chi connectivity index (χ4n) is 1.56. The second-order valence-electron chi connectivity index (χ2n) is 3.48. The van der Waals surface area contributed by atoms with E-state index in [0.29, 0.717) is 0 Å². The Kier molecular flexibility index (Phi) is 3.10. The molecular weight excluding hydrogens is 180 g/mol. The Morgan fingerprint density at radius 2 is 2.21 bits per heavy atom. The van der Waals surface area contributed by atoms with Crippen molar-refractivity contribution in [1.29, 1.82) is 0 Å². The average Bonchev–Trinajstić information content (AvgIpc) is 2.67. The normalized spacial score (nSPS) is 18.6. The first-order valence-corrected chi connectivity index (χ1v) is 5.13. The second-order valence-corrected chi connectivity index (χ2v) is 3.48. The molecule has 0 atom stereocenters. The zero-order valence-electron chi connectivity index (χ0n) is 8.49. The van der Waals surface area contributed by atoms with Crippen LogP contribution in [0, 0.1) is 0 Å². The number of hydrogen-bond donors (Lipinski definition) is 1. The molecule has 0 aliphatic carbocycles. The number of aryl methyl sites for hydroxylation is 1. The minimum absolute atomic E-state index is 0.740. The van der Waals surface area contributed by atoms with Gasteiger partial charge in [-0.1, -0.05) is 12.1 Å². The van der Waals surface area contributed by atoms with Gasteiger partial charge in [0.1, 0.15) is 0 Å². The molecule has 1 N–H and O–H groups in total. The van der Waals surface area contributed by atoms with E-state index in [1.807, 2.05) is 6.92 Å². The smallest absolute Gasteiger partial charge is 0.240 e. The lowest BCUT2D eigenvalue weighted by Gasteiger charge is -2.25. The van der Waals surface area contributed by atoms with Gasteiger partial charge in [-0.25, -0.2) is 0 Å². The van der Waals surface area contributed by atoms with E-state index in [1.54, 1.807) is 0 Å². The van der Waals surface area contributed by atoms with Crippen molar-refractivity contribution >= 4 is 0 Å². The van der Waals surface area contributed by atoms with E-state index in [1.165, 1.54) is 0 Å². The van der Waals surface area contributed by atoms with Gasteiger partial charge in [0.25, 0.3) is 0 Å². The minimum Gasteiger partial charge on any atom is -0.338 e. The van der Waals surface area contributed by atoms with Crippen molar-refractivity contribution in [3.05, 3.63) is 11.7 Å². The van der Waals surface area contributed by atoms with Gasteiger partial charge in [0.15, 0.2) is 5.82 Å². The van der Waals surface area contributed by atoms with Gasteiger partial charge in [-0.3, -0.25) is 4.90 Å². The molecule has 0 amide bonds. The highest BCUT2D eigenvalue weighted by Crippen LogP contribution is 2.03. The summed E-state index contributed by atoms with van der Waals surface area (Å²) in [7, 11) is 0. The van der Waals surface area contributed by atoms with Gasteiger partial charge in [-0.2, -0.15) is 4.98 Å². The highest BCUT2D eigenvalue weighted by atomic mass is 16.5. The Hall–Kier alpha value is -0.940. The molecule has 78 valence electrons. The van der Waals surface area contributed by atoms with E-state index in [2.05, 4.69) is 20.4 Å². The van der Waals surface area contributed by atoms with Crippen LogP contribution in [0.2, 0.25) is 0 Å². The molecule has 0 aromatic carbocycles. The summed E-state index contributed by atoms with van der Waals surface area (Å²) in [6.07, 6.45) is 0.838. The van der Waals surface area contributed by atoms with Crippen LogP contribution in [0.25, 0.3) is 0 Å². The van der Waals surface area contributed by atoms with Crippen LogP contribution in [0.3, 0.4) is 0 Å². The Labute approximate surface area is 83.5 Å². The van der Waals surface area contributed by atoms with Crippen LogP contribution < -0.4 is 5.32 Å². The molecular formula is C9H16N4O. The maximum atomic E-state index is 5.14. The third kappa shape index (κ3) is 2.30. The van der Waals surface area contributed by atoms with Crippen molar-refractivity contribution in [2.24, 2.45) is 0 Å². The molecule has 0 bridgehead atoms. The monoisotopic (exact) mass is 196 g/mol. The van der Waals surface area contributed by atoms with E-state index < -0.39 is 0 Å². The summed E-state index contributed by atoms with van der Waals surface area (Å²) < 4.78 is 5.14. The predicted octanol–water partition coefficient (Wildman–Crippen LogP) is 0.0372. The Morgan fingerprint density at radius 1 is 1.43 bits per heavy atom. The first-order chi connectivity index (χ1) is 6.88. The number of aromatic nitrogens is 2. The van der Waals surface area contributed by atoms with Gasteiger partial charge in [0, 0.05) is 32.6 Å². The molecule has 0 radical (unpaired) electrons. The number of nitrogens with one attached hydrogen (secondary N) is 1. The van der Waals surface area contributed by atoms with Gasteiger partial charge in [0.05, 0.1) is 6.54 Å². The summed E-state index contributed by atoms with van der Waals surface area (Å²) in [6.45, 7) is 7.03. The van der Waals surface area contributed by atoms with E-state index >= 15 is 0 Å². The van der Waals surface area contributed by atoms with Gasteiger partial charge in [0.2, 0.25) is 5.89 Å². The summed E-state index contributed by atoms with van der Waals surface area (Å²) in [5, 5.41) is 7.18. The van der Waals surface area contributed by atoms with Crippen LogP contribution >= 0.6 is 0 Å². The fourth-order valence-corrected chi connectivity index (χ4v) is 1.56. The zero-order chi connectivity index (χ0) is 9.80. The number of rotatable bonds is 3. The van der Waals surface area contributed by atoms with Gasteiger partial charge < -0.3 is 9.84 Å². The Morgan fingerprint density at radius 3 is 2.86 bits per heavy atom. The molecule has 2 heterocycles. The zero-order valence-corrected chi connectivity index (χ0v) is 8.49. The molecule has 1 fully saturated rings. The van der Waals surface area contributed by atoms with Crippen LogP contribution in [0.1, 0.15) is 18.6 Å². The average molecular weight is 196 g/mol. The van der Waals surface area contributed by atoms with Crippen molar-refractivity contribution in [3.8, 4) is 0 Å². The molecule has 5 heteroatoms. The van der Waals surface area contributed by atoms with Gasteiger partial charge in [-0.15, -0.1) is 0 Å². The fraction of sp³-hybridized carbons (Fsp3) is 0.778. The summed E-state index contributed by atoms with van der Waals surface area (Å²) in [4.78, 5) is 6.61. The van der Waals surface area contributed by atoms with Gasteiger partial charge in [-0.05, 0) is 0 Å². The molecule has 1 saturated heterocycles. The van der Waals surface area contributed by atoms with Crippen molar-refractivity contribution in [3.63, 3.8) is 0 Å². The van der Waals surface area contributed by atoms with Crippen LogP contribution in [0.15, 0.2) is 4.52 Å². The minimum atomic E-state index is 0.740. The molecule has 1 aliphatic rings. The summed E-state index contributed by atoms with van der Waals surface area (Å²) in [6, 6.07) is 0. The quantitative estimate of drug-likeness (QED) is 0.739. The van der Waals surface area contributed by atoms with E-state index in [0.717, 1.165) is 50.9 Å². The molecule has 14 heavy (non-hydrogen) atoms. The third-order valence-corrected chi connectivity index (χ3v) is 2.39. The molecule has 1 aliphatic heterocycles. The van der Waals surface area contributed by atoms with Gasteiger partial charge >= 0.3 is 0 Å². The van der Waals surface area contributed by atoms with E-state index in [9.17, 15) is 0 Å². The number of nitrogens with zero attached hydrogens (tertiary/aromatic N) is 3. The summed E-state index contributed by atoms with van der Waals surface area (Å²) in [5.41, 5.74) is 0. The van der Waals surface area contributed by atoms with Crippen LogP contribution in [0.5, 0.6) is 0 Å². The maximum absolute atomic E-state index is 5.14. The molecule has 0 spiro atoms. The highest BCUT2D eigenvalue weighted by molar-refractivity contribution is 4.86. The maximum Gasteiger partial charge on any atom is 0.240 e. The van der Waals surface area contributed by atoms with Crippen LogP contribution in [-0.2, 0) is 13.0 Å². The predicted molar refractivity (Wildman–Crippen MR) is 51.8 cm³/mol. The molecule has 5 nitrogen and oxygen atoms in total. The van der Waals surface area contributed by atoms with Crippen molar-refractivity contribution in [2.45, 2.75) is 19.9 Å². The molecule has 2 rings (SSSR count). The highest BCUT2D eigenvalue weighted by Gasteiger charge is 2.13. The molecule has 1 aromatic heterocycles. The topological polar surface area (TPSA) is 54.2 Å². The lowest BCUT2D eigenvalue weighted by molar-refractivity contribution is 0.203. The van der Waals surface area contributed by atoms with Crippen LogP contribution in [0.4, 0.5) is 0 Å². The lowest BCUT2D eigenvalue weighted by atomic mass is 10.3. The number of piperazine rings is 1. The molecule has 1 aromatic rings.